The van der Waals surface area contributed by atoms with Crippen LogP contribution in [0.3, 0.4) is 0 Å². The predicted octanol–water partition coefficient (Wildman–Crippen LogP) is 8.19. The van der Waals surface area contributed by atoms with Crippen molar-refractivity contribution in [3.63, 3.8) is 0 Å². The highest BCUT2D eigenvalue weighted by atomic mass is 15.1. The van der Waals surface area contributed by atoms with Crippen molar-refractivity contribution in [1.29, 1.82) is 0 Å². The Morgan fingerprint density at radius 2 is 0.818 bits per heavy atom. The van der Waals surface area contributed by atoms with Crippen LogP contribution in [-0.4, -0.2) is 34.1 Å². The summed E-state index contributed by atoms with van der Waals surface area (Å²) in [5.41, 5.74) is 11.4. The fourth-order valence-electron chi connectivity index (χ4n) is 6.16. The van der Waals surface area contributed by atoms with Crippen LogP contribution in [0.4, 0.5) is 0 Å². The minimum absolute atomic E-state index is 0.797. The molecule has 9 aromatic rings. The second kappa shape index (κ2) is 9.68. The first-order valence-electron chi connectivity index (χ1n) is 14.4. The standard InChI is InChI=1S/C37H23N7/c1-3-9-24(10-4-1)26-15-19-38-32(21-26)43-28-13-7-17-40-34(28)36-30(43)23-31-37(42-36)35-29(14-8-18-41-35)44(31)33-22-27(16-20-39-33)25-11-5-2-6-12-25/h1-23H. The zero-order valence-corrected chi connectivity index (χ0v) is 23.4. The smallest absolute Gasteiger partial charge is 0.138 e. The molecule has 0 radical (unpaired) electrons. The Balaban J connectivity index is 1.35. The first-order valence-corrected chi connectivity index (χ1v) is 14.4. The van der Waals surface area contributed by atoms with E-state index >= 15 is 0 Å². The van der Waals surface area contributed by atoms with Gasteiger partial charge in [0.2, 0.25) is 0 Å². The minimum atomic E-state index is 0.797. The van der Waals surface area contributed by atoms with Gasteiger partial charge in [-0.25, -0.2) is 15.0 Å². The third-order valence-corrected chi connectivity index (χ3v) is 8.13. The predicted molar refractivity (Wildman–Crippen MR) is 175 cm³/mol. The zero-order valence-electron chi connectivity index (χ0n) is 23.4. The van der Waals surface area contributed by atoms with Gasteiger partial charge in [0.05, 0.1) is 22.1 Å². The molecule has 0 aliphatic rings. The van der Waals surface area contributed by atoms with E-state index in [0.29, 0.717) is 0 Å². The van der Waals surface area contributed by atoms with Gasteiger partial charge in [-0.3, -0.25) is 19.1 Å². The van der Waals surface area contributed by atoms with E-state index in [1.807, 2.05) is 85.5 Å². The normalized spacial score (nSPS) is 11.6. The third-order valence-electron chi connectivity index (χ3n) is 8.13. The molecule has 0 unspecified atom stereocenters. The molecule has 9 rings (SSSR count). The molecule has 206 valence electrons. The number of rotatable bonds is 4. The van der Waals surface area contributed by atoms with E-state index in [9.17, 15) is 0 Å². The van der Waals surface area contributed by atoms with Crippen LogP contribution < -0.4 is 0 Å². The summed E-state index contributed by atoms with van der Waals surface area (Å²) in [6.07, 6.45) is 7.34. The Kier molecular flexibility index (Phi) is 5.36. The summed E-state index contributed by atoms with van der Waals surface area (Å²) >= 11 is 0. The molecule has 0 saturated carbocycles. The average Bonchev–Trinajstić information content (AvgIpc) is 3.60. The molecule has 0 saturated heterocycles. The summed E-state index contributed by atoms with van der Waals surface area (Å²) in [4.78, 5) is 24.5. The lowest BCUT2D eigenvalue weighted by molar-refractivity contribution is 1.07. The summed E-state index contributed by atoms with van der Waals surface area (Å²) in [7, 11) is 0. The van der Waals surface area contributed by atoms with Gasteiger partial charge in [-0.15, -0.1) is 0 Å². The number of aromatic nitrogens is 7. The van der Waals surface area contributed by atoms with Crippen LogP contribution in [0.25, 0.3) is 78.0 Å². The zero-order chi connectivity index (χ0) is 29.0. The maximum Gasteiger partial charge on any atom is 0.138 e. The lowest BCUT2D eigenvalue weighted by Crippen LogP contribution is -2.00. The number of pyridine rings is 5. The van der Waals surface area contributed by atoms with Crippen LogP contribution in [0, 0.1) is 0 Å². The molecule has 0 fully saturated rings. The molecule has 0 amide bonds. The van der Waals surface area contributed by atoms with E-state index in [2.05, 4.69) is 63.7 Å². The maximum absolute atomic E-state index is 5.27. The molecule has 7 heteroatoms. The highest BCUT2D eigenvalue weighted by molar-refractivity contribution is 6.13. The van der Waals surface area contributed by atoms with Crippen LogP contribution in [0.1, 0.15) is 0 Å². The molecule has 7 nitrogen and oxygen atoms in total. The largest absolute Gasteiger partial charge is 0.290 e. The first kappa shape index (κ1) is 24.4. The van der Waals surface area contributed by atoms with Crippen molar-refractivity contribution in [3.8, 4) is 33.9 Å². The van der Waals surface area contributed by atoms with Crippen molar-refractivity contribution in [1.82, 2.24) is 34.1 Å². The van der Waals surface area contributed by atoms with Gasteiger partial charge in [0.15, 0.2) is 0 Å². The van der Waals surface area contributed by atoms with Crippen molar-refractivity contribution in [2.24, 2.45) is 0 Å². The van der Waals surface area contributed by atoms with Gasteiger partial charge >= 0.3 is 0 Å². The molecule has 44 heavy (non-hydrogen) atoms. The van der Waals surface area contributed by atoms with Crippen molar-refractivity contribution in [3.05, 3.63) is 140 Å². The topological polar surface area (TPSA) is 74.3 Å². The van der Waals surface area contributed by atoms with Crippen molar-refractivity contribution < 1.29 is 0 Å². The molecule has 0 spiro atoms. The molecular weight excluding hydrogens is 542 g/mol. The summed E-state index contributed by atoms with van der Waals surface area (Å²) in [5, 5.41) is 0. The summed E-state index contributed by atoms with van der Waals surface area (Å²) in [6, 6.07) is 39.2. The van der Waals surface area contributed by atoms with Gasteiger partial charge in [0.1, 0.15) is 33.7 Å². The Bertz CT molecular complexity index is 2320. The Morgan fingerprint density at radius 1 is 0.341 bits per heavy atom. The second-order valence-electron chi connectivity index (χ2n) is 10.7. The molecule has 0 aliphatic carbocycles. The molecule has 2 aromatic carbocycles. The average molecular weight is 566 g/mol. The van der Waals surface area contributed by atoms with Gasteiger partial charge in [0.25, 0.3) is 0 Å². The molecule has 0 aliphatic heterocycles. The fraction of sp³-hybridized carbons (Fsp3) is 0. The van der Waals surface area contributed by atoms with Crippen LogP contribution in [0.2, 0.25) is 0 Å². The second-order valence-corrected chi connectivity index (χ2v) is 10.7. The van der Waals surface area contributed by atoms with E-state index in [1.165, 1.54) is 0 Å². The Morgan fingerprint density at radius 3 is 1.30 bits per heavy atom. The first-order chi connectivity index (χ1) is 21.8. The van der Waals surface area contributed by atoms with E-state index in [0.717, 1.165) is 78.0 Å². The molecular formula is C37H23N7. The number of hydrogen-bond acceptors (Lipinski definition) is 5. The fourth-order valence-corrected chi connectivity index (χ4v) is 6.16. The van der Waals surface area contributed by atoms with Crippen molar-refractivity contribution in [2.45, 2.75) is 0 Å². The van der Waals surface area contributed by atoms with Gasteiger partial charge < -0.3 is 0 Å². The summed E-state index contributed by atoms with van der Waals surface area (Å²) in [6.45, 7) is 0. The maximum atomic E-state index is 5.27. The summed E-state index contributed by atoms with van der Waals surface area (Å²) < 4.78 is 4.31. The van der Waals surface area contributed by atoms with Crippen molar-refractivity contribution >= 4 is 44.1 Å². The molecule has 7 heterocycles. The number of hydrogen-bond donors (Lipinski definition) is 0. The van der Waals surface area contributed by atoms with Crippen LogP contribution >= 0.6 is 0 Å². The van der Waals surface area contributed by atoms with Crippen LogP contribution in [-0.2, 0) is 0 Å². The van der Waals surface area contributed by atoms with Gasteiger partial charge in [-0.1, -0.05) is 60.7 Å². The lowest BCUT2D eigenvalue weighted by Gasteiger charge is -2.10. The lowest BCUT2D eigenvalue weighted by atomic mass is 10.1. The van der Waals surface area contributed by atoms with Crippen LogP contribution in [0.5, 0.6) is 0 Å². The quantitative estimate of drug-likeness (QED) is 0.215. The Hall–Kier alpha value is -6.21. The highest BCUT2D eigenvalue weighted by Crippen LogP contribution is 2.36. The van der Waals surface area contributed by atoms with Crippen molar-refractivity contribution in [2.75, 3.05) is 0 Å². The number of nitrogens with zero attached hydrogens (tertiary/aromatic N) is 7. The van der Waals surface area contributed by atoms with E-state index < -0.39 is 0 Å². The third kappa shape index (κ3) is 3.73. The number of fused-ring (bicyclic) bond motifs is 6. The molecule has 0 bridgehead atoms. The molecule has 0 atom stereocenters. The molecule has 7 aromatic heterocycles. The monoisotopic (exact) mass is 565 g/mol. The minimum Gasteiger partial charge on any atom is -0.290 e. The van der Waals surface area contributed by atoms with E-state index in [1.54, 1.807) is 0 Å². The SMILES string of the molecule is c1ccc(-c2ccnc(-n3c4cccnc4c4nc5c6ncccc6n(-c6cc(-c7ccccc7)ccn6)c5cc43)c2)cc1. The highest BCUT2D eigenvalue weighted by Gasteiger charge is 2.22. The number of benzene rings is 2. The summed E-state index contributed by atoms with van der Waals surface area (Å²) in [5.74, 6) is 1.59. The van der Waals surface area contributed by atoms with Gasteiger partial charge in [0, 0.05) is 24.8 Å². The molecule has 0 N–H and O–H groups in total. The van der Waals surface area contributed by atoms with Crippen LogP contribution in [0.15, 0.2) is 140 Å². The Labute approximate surface area is 251 Å². The van der Waals surface area contributed by atoms with E-state index in [4.69, 9.17) is 24.9 Å². The van der Waals surface area contributed by atoms with Gasteiger partial charge in [-0.05, 0) is 76.9 Å². The van der Waals surface area contributed by atoms with Gasteiger partial charge in [-0.2, -0.15) is 0 Å². The van der Waals surface area contributed by atoms with E-state index in [-0.39, 0.29) is 0 Å².